The summed E-state index contributed by atoms with van der Waals surface area (Å²) < 4.78 is 5.44. The number of hydrogen-bond donors (Lipinski definition) is 3. The smallest absolute Gasteiger partial charge is 0.305 e. The molecule has 3 N–H and O–H groups in total. The maximum absolute atomic E-state index is 12.3. The van der Waals surface area contributed by atoms with Crippen LogP contribution in [0.2, 0.25) is 0 Å². The molecule has 0 saturated heterocycles. The third-order valence-corrected chi connectivity index (χ3v) is 10.6. The molecular formula is C50H91NO5. The monoisotopic (exact) mass is 786 g/mol. The van der Waals surface area contributed by atoms with E-state index in [-0.39, 0.29) is 18.5 Å². The molecule has 6 heteroatoms. The molecule has 0 fully saturated rings. The van der Waals surface area contributed by atoms with Crippen LogP contribution in [0.5, 0.6) is 0 Å². The van der Waals surface area contributed by atoms with Crippen molar-refractivity contribution in [3.8, 4) is 0 Å². The van der Waals surface area contributed by atoms with Crippen LogP contribution in [-0.4, -0.2) is 47.4 Å². The Morgan fingerprint density at radius 1 is 0.500 bits per heavy atom. The molecule has 0 bridgehead atoms. The van der Waals surface area contributed by atoms with Crippen LogP contribution in [0.3, 0.4) is 0 Å². The molecule has 56 heavy (non-hydrogen) atoms. The van der Waals surface area contributed by atoms with E-state index in [1.54, 1.807) is 6.08 Å². The van der Waals surface area contributed by atoms with Crippen LogP contribution < -0.4 is 5.32 Å². The molecule has 326 valence electrons. The Labute approximate surface area is 346 Å². The Hall–Kier alpha value is -2.18. The first-order valence-electron chi connectivity index (χ1n) is 23.9. The molecule has 2 atom stereocenters. The van der Waals surface area contributed by atoms with Crippen LogP contribution >= 0.6 is 0 Å². The molecule has 2 unspecified atom stereocenters. The van der Waals surface area contributed by atoms with Gasteiger partial charge in [0, 0.05) is 12.8 Å². The van der Waals surface area contributed by atoms with E-state index in [1.165, 1.54) is 122 Å². The van der Waals surface area contributed by atoms with E-state index >= 15 is 0 Å². The minimum Gasteiger partial charge on any atom is -0.466 e. The summed E-state index contributed by atoms with van der Waals surface area (Å²) in [7, 11) is 0. The average Bonchev–Trinajstić information content (AvgIpc) is 3.20. The lowest BCUT2D eigenvalue weighted by molar-refractivity contribution is -0.143. The summed E-state index contributed by atoms with van der Waals surface area (Å²) in [6, 6.07) is -0.638. The van der Waals surface area contributed by atoms with Gasteiger partial charge in [-0.3, -0.25) is 9.59 Å². The minimum absolute atomic E-state index is 0.0268. The minimum atomic E-state index is -0.853. The van der Waals surface area contributed by atoms with Crippen molar-refractivity contribution in [3.63, 3.8) is 0 Å². The van der Waals surface area contributed by atoms with E-state index in [0.717, 1.165) is 83.5 Å². The van der Waals surface area contributed by atoms with Gasteiger partial charge in [0.2, 0.25) is 5.91 Å². The van der Waals surface area contributed by atoms with Gasteiger partial charge in [0.1, 0.15) is 0 Å². The van der Waals surface area contributed by atoms with Gasteiger partial charge < -0.3 is 20.3 Å². The molecule has 0 aliphatic heterocycles. The highest BCUT2D eigenvalue weighted by Gasteiger charge is 2.18. The number of nitrogens with one attached hydrogen (secondary N) is 1. The maximum atomic E-state index is 12.3. The van der Waals surface area contributed by atoms with Crippen molar-refractivity contribution >= 4 is 11.9 Å². The normalized spacial score (nSPS) is 13.1. The quantitative estimate of drug-likeness (QED) is 0.0325. The molecule has 6 nitrogen and oxygen atoms in total. The fourth-order valence-corrected chi connectivity index (χ4v) is 6.83. The second-order valence-corrected chi connectivity index (χ2v) is 16.1. The van der Waals surface area contributed by atoms with Crippen LogP contribution in [0.1, 0.15) is 232 Å². The standard InChI is InChI=1S/C50H91NO5/c1-3-5-7-9-11-13-14-15-17-21-24-28-32-36-40-44-50(55)56-45-41-37-33-29-25-22-19-16-18-20-23-27-31-35-39-43-49(54)51-47(46-52)48(53)42-38-34-30-26-12-10-8-6-4-2/h11,13,15,17,19,22,38,42,47-48,52-53H,3-10,12,14,16,18,20-21,23-37,39-41,43-46H2,1-2H3,(H,51,54)/b13-11-,17-15-,22-19-,42-38+. The number of allylic oxidation sites excluding steroid dienone is 7. The SMILES string of the molecule is CCCCC/C=C\C/C=C\CCCCCCCC(=O)OCCCCCC/C=C\CCCCCCCCCC(=O)NC(CO)C(O)/C=C/CCCCCCCCC. The molecular weight excluding hydrogens is 695 g/mol. The van der Waals surface area contributed by atoms with Gasteiger partial charge in [-0.15, -0.1) is 0 Å². The first-order chi connectivity index (χ1) is 27.5. The summed E-state index contributed by atoms with van der Waals surface area (Å²) in [5, 5.41) is 22.9. The second kappa shape index (κ2) is 45.5. The van der Waals surface area contributed by atoms with Gasteiger partial charge in [-0.25, -0.2) is 0 Å². The Kier molecular flexibility index (Phi) is 43.7. The topological polar surface area (TPSA) is 95.9 Å². The fraction of sp³-hybridized carbons (Fsp3) is 0.800. The first-order valence-corrected chi connectivity index (χ1v) is 23.9. The zero-order chi connectivity index (χ0) is 40.8. The zero-order valence-corrected chi connectivity index (χ0v) is 36.8. The van der Waals surface area contributed by atoms with Gasteiger partial charge >= 0.3 is 5.97 Å². The number of amides is 1. The number of ether oxygens (including phenoxy) is 1. The Morgan fingerprint density at radius 2 is 0.893 bits per heavy atom. The van der Waals surface area contributed by atoms with Crippen molar-refractivity contribution in [3.05, 3.63) is 48.6 Å². The van der Waals surface area contributed by atoms with Crippen molar-refractivity contribution in [1.82, 2.24) is 5.32 Å². The average molecular weight is 786 g/mol. The van der Waals surface area contributed by atoms with Crippen molar-refractivity contribution in [2.45, 2.75) is 244 Å². The van der Waals surface area contributed by atoms with Crippen LogP contribution in [0.4, 0.5) is 0 Å². The predicted octanol–water partition coefficient (Wildman–Crippen LogP) is 13.9. The summed E-state index contributed by atoms with van der Waals surface area (Å²) in [5.74, 6) is -0.115. The maximum Gasteiger partial charge on any atom is 0.305 e. The van der Waals surface area contributed by atoms with Crippen LogP contribution in [0.15, 0.2) is 48.6 Å². The van der Waals surface area contributed by atoms with E-state index in [1.807, 2.05) is 6.08 Å². The Balaban J connectivity index is 3.50. The van der Waals surface area contributed by atoms with Crippen molar-refractivity contribution in [1.29, 1.82) is 0 Å². The molecule has 0 aromatic carbocycles. The molecule has 0 rings (SSSR count). The summed E-state index contributed by atoms with van der Waals surface area (Å²) in [6.45, 7) is 4.78. The van der Waals surface area contributed by atoms with Crippen LogP contribution in [0, 0.1) is 0 Å². The molecule has 0 saturated carbocycles. The molecule has 0 aromatic heterocycles. The second-order valence-electron chi connectivity index (χ2n) is 16.1. The summed E-state index contributed by atoms with van der Waals surface area (Å²) >= 11 is 0. The largest absolute Gasteiger partial charge is 0.466 e. The number of carbonyl (C=O) groups excluding carboxylic acids is 2. The number of esters is 1. The lowest BCUT2D eigenvalue weighted by Crippen LogP contribution is -2.45. The molecule has 0 spiro atoms. The van der Waals surface area contributed by atoms with E-state index in [0.29, 0.717) is 19.4 Å². The van der Waals surface area contributed by atoms with Crippen molar-refractivity contribution in [2.24, 2.45) is 0 Å². The molecule has 0 heterocycles. The number of hydrogen-bond acceptors (Lipinski definition) is 5. The van der Waals surface area contributed by atoms with Gasteiger partial charge in [0.05, 0.1) is 25.4 Å². The van der Waals surface area contributed by atoms with Crippen LogP contribution in [0.25, 0.3) is 0 Å². The summed E-state index contributed by atoms with van der Waals surface area (Å²) in [6.07, 6.45) is 55.3. The van der Waals surface area contributed by atoms with Crippen molar-refractivity contribution < 1.29 is 24.5 Å². The highest BCUT2D eigenvalue weighted by atomic mass is 16.5. The number of unbranched alkanes of at least 4 members (excludes halogenated alkanes) is 26. The predicted molar refractivity (Wildman–Crippen MR) is 241 cm³/mol. The Morgan fingerprint density at radius 3 is 1.41 bits per heavy atom. The summed E-state index contributed by atoms with van der Waals surface area (Å²) in [4.78, 5) is 24.3. The Bertz CT molecular complexity index is 957. The van der Waals surface area contributed by atoms with Gasteiger partial charge in [-0.2, -0.15) is 0 Å². The number of carbonyl (C=O) groups is 2. The summed E-state index contributed by atoms with van der Waals surface area (Å²) in [5.41, 5.74) is 0. The molecule has 0 aliphatic carbocycles. The highest BCUT2D eigenvalue weighted by Crippen LogP contribution is 2.13. The third kappa shape index (κ3) is 41.5. The van der Waals surface area contributed by atoms with E-state index in [2.05, 4.69) is 55.6 Å². The van der Waals surface area contributed by atoms with Gasteiger partial charge in [-0.05, 0) is 89.9 Å². The molecule has 0 aromatic rings. The van der Waals surface area contributed by atoms with Crippen LogP contribution in [-0.2, 0) is 14.3 Å². The zero-order valence-electron chi connectivity index (χ0n) is 36.8. The van der Waals surface area contributed by atoms with Gasteiger partial charge in [0.25, 0.3) is 0 Å². The third-order valence-electron chi connectivity index (χ3n) is 10.6. The molecule has 0 radical (unpaired) electrons. The number of rotatable bonds is 43. The van der Waals surface area contributed by atoms with Gasteiger partial charge in [0.15, 0.2) is 0 Å². The highest BCUT2D eigenvalue weighted by molar-refractivity contribution is 5.76. The van der Waals surface area contributed by atoms with E-state index < -0.39 is 12.1 Å². The fourth-order valence-electron chi connectivity index (χ4n) is 6.83. The molecule has 1 amide bonds. The van der Waals surface area contributed by atoms with E-state index in [9.17, 15) is 19.8 Å². The molecule has 0 aliphatic rings. The van der Waals surface area contributed by atoms with Crippen molar-refractivity contribution in [2.75, 3.05) is 13.2 Å². The van der Waals surface area contributed by atoms with E-state index in [4.69, 9.17) is 4.74 Å². The first kappa shape index (κ1) is 53.8. The lowest BCUT2D eigenvalue weighted by atomic mass is 10.1. The lowest BCUT2D eigenvalue weighted by Gasteiger charge is -2.20. The number of aliphatic hydroxyl groups excluding tert-OH is 2. The van der Waals surface area contributed by atoms with Gasteiger partial charge in [-0.1, -0.05) is 178 Å². The number of aliphatic hydroxyl groups is 2.